The number of hydrogen-bond donors (Lipinski definition) is 2. The highest BCUT2D eigenvalue weighted by atomic mass is 35.5. The van der Waals surface area contributed by atoms with Gasteiger partial charge in [0.15, 0.2) is 0 Å². The summed E-state index contributed by atoms with van der Waals surface area (Å²) < 4.78 is 0. The third-order valence-corrected chi connectivity index (χ3v) is 5.84. The van der Waals surface area contributed by atoms with E-state index < -0.39 is 5.92 Å². The zero-order valence-corrected chi connectivity index (χ0v) is 16.4. The molecule has 2 aromatic rings. The van der Waals surface area contributed by atoms with Gasteiger partial charge >= 0.3 is 0 Å². The van der Waals surface area contributed by atoms with Crippen molar-refractivity contribution >= 4 is 29.1 Å². The van der Waals surface area contributed by atoms with Crippen LogP contribution in [-0.2, 0) is 9.59 Å². The summed E-state index contributed by atoms with van der Waals surface area (Å²) in [4.78, 5) is 27.4. The summed E-state index contributed by atoms with van der Waals surface area (Å²) in [5.74, 6) is -0.679. The maximum absolute atomic E-state index is 13.0. The summed E-state index contributed by atoms with van der Waals surface area (Å²) in [6, 6.07) is 15.4. The van der Waals surface area contributed by atoms with Crippen molar-refractivity contribution in [3.8, 4) is 0 Å². The van der Waals surface area contributed by atoms with Crippen molar-refractivity contribution in [2.24, 2.45) is 0 Å². The lowest BCUT2D eigenvalue weighted by Crippen LogP contribution is -2.40. The Kier molecular flexibility index (Phi) is 5.64. The molecule has 0 spiro atoms. The van der Waals surface area contributed by atoms with E-state index >= 15 is 0 Å². The molecule has 2 aliphatic heterocycles. The lowest BCUT2D eigenvalue weighted by Gasteiger charge is -2.30. The van der Waals surface area contributed by atoms with Crippen LogP contribution in [0.4, 0.5) is 5.69 Å². The number of hydrogen-bond acceptors (Lipinski definition) is 3. The van der Waals surface area contributed by atoms with Crippen LogP contribution in [0.5, 0.6) is 0 Å². The van der Waals surface area contributed by atoms with Crippen LogP contribution in [-0.4, -0.2) is 36.3 Å². The highest BCUT2D eigenvalue weighted by Gasteiger charge is 2.31. The number of rotatable bonds is 5. The van der Waals surface area contributed by atoms with Crippen molar-refractivity contribution < 1.29 is 9.59 Å². The number of carbonyl (C=O) groups excluding carboxylic acids is 2. The fourth-order valence-corrected chi connectivity index (χ4v) is 4.39. The van der Waals surface area contributed by atoms with Gasteiger partial charge in [0.1, 0.15) is 0 Å². The van der Waals surface area contributed by atoms with E-state index in [0.29, 0.717) is 11.6 Å². The molecule has 28 heavy (non-hydrogen) atoms. The number of anilines is 1. The number of nitrogens with one attached hydrogen (secondary N) is 2. The Bertz CT molecular complexity index is 880. The fraction of sp³-hybridized carbons (Fsp3) is 0.364. The first-order chi connectivity index (χ1) is 13.6. The Hall–Kier alpha value is -2.37. The van der Waals surface area contributed by atoms with Crippen molar-refractivity contribution in [3.05, 3.63) is 64.7 Å². The van der Waals surface area contributed by atoms with E-state index in [0.717, 1.165) is 29.9 Å². The summed E-state index contributed by atoms with van der Waals surface area (Å²) in [7, 11) is 0. The van der Waals surface area contributed by atoms with Crippen LogP contribution in [0.15, 0.2) is 48.5 Å². The van der Waals surface area contributed by atoms with Crippen LogP contribution in [0, 0.1) is 0 Å². The van der Waals surface area contributed by atoms with E-state index in [9.17, 15) is 9.59 Å². The molecule has 2 N–H and O–H groups in total. The van der Waals surface area contributed by atoms with E-state index in [1.807, 2.05) is 42.5 Å². The van der Waals surface area contributed by atoms with Crippen LogP contribution >= 0.6 is 11.6 Å². The summed E-state index contributed by atoms with van der Waals surface area (Å²) in [5, 5.41) is 6.65. The zero-order chi connectivity index (χ0) is 19.5. The Morgan fingerprint density at radius 2 is 1.96 bits per heavy atom. The lowest BCUT2D eigenvalue weighted by atomic mass is 9.89. The van der Waals surface area contributed by atoms with E-state index in [2.05, 4.69) is 21.6 Å². The van der Waals surface area contributed by atoms with Crippen molar-refractivity contribution in [3.63, 3.8) is 0 Å². The van der Waals surface area contributed by atoms with Crippen LogP contribution < -0.4 is 10.6 Å². The Labute approximate surface area is 170 Å². The number of para-hydroxylation sites is 1. The van der Waals surface area contributed by atoms with Crippen LogP contribution in [0.25, 0.3) is 0 Å². The highest BCUT2D eigenvalue weighted by molar-refractivity contribution is 6.30. The van der Waals surface area contributed by atoms with Gasteiger partial charge in [0.05, 0.1) is 12.0 Å². The maximum atomic E-state index is 13.0. The molecule has 2 unspecified atom stereocenters. The van der Waals surface area contributed by atoms with Crippen LogP contribution in [0.3, 0.4) is 0 Å². The summed E-state index contributed by atoms with van der Waals surface area (Å²) in [5.41, 5.74) is 2.71. The first-order valence-corrected chi connectivity index (χ1v) is 10.2. The molecule has 0 bridgehead atoms. The molecule has 6 heteroatoms. The number of benzene rings is 2. The molecule has 0 aliphatic carbocycles. The largest absolute Gasteiger partial charge is 0.354 e. The third kappa shape index (κ3) is 4.05. The van der Waals surface area contributed by atoms with Crippen LogP contribution in [0.2, 0.25) is 5.02 Å². The molecule has 5 nitrogen and oxygen atoms in total. The minimum absolute atomic E-state index is 0.0813. The second-order valence-electron chi connectivity index (χ2n) is 7.45. The summed E-state index contributed by atoms with van der Waals surface area (Å²) in [6.07, 6.45) is 2.51. The smallest absolute Gasteiger partial charge is 0.228 e. The number of likely N-dealkylation sites (tertiary alicyclic amines) is 1. The normalized spacial score (nSPS) is 20.3. The number of carbonyl (C=O) groups is 2. The second-order valence-corrected chi connectivity index (χ2v) is 7.89. The standard InChI is InChI=1S/C22H24ClN3O2/c23-16-7-5-6-15(12-16)20(26-10-3-4-11-26)14-24-22(28)18-13-21(27)25-19-9-2-1-8-17(18)19/h1-2,5-9,12,18,20H,3-4,10-11,13-14H2,(H,24,28)(H,25,27). The van der Waals surface area contributed by atoms with Crippen molar-refractivity contribution in [1.29, 1.82) is 0 Å². The van der Waals surface area contributed by atoms with Gasteiger partial charge in [0.25, 0.3) is 0 Å². The van der Waals surface area contributed by atoms with Crippen molar-refractivity contribution in [2.75, 3.05) is 25.0 Å². The molecule has 2 atom stereocenters. The Morgan fingerprint density at radius 1 is 1.18 bits per heavy atom. The van der Waals surface area contributed by atoms with E-state index in [-0.39, 0.29) is 24.3 Å². The molecular weight excluding hydrogens is 374 g/mol. The lowest BCUT2D eigenvalue weighted by molar-refractivity contribution is -0.126. The molecule has 2 amide bonds. The van der Waals surface area contributed by atoms with E-state index in [1.54, 1.807) is 0 Å². The second kappa shape index (κ2) is 8.33. The Balaban J connectivity index is 1.51. The molecule has 1 saturated heterocycles. The molecule has 146 valence electrons. The van der Waals surface area contributed by atoms with E-state index in [1.165, 1.54) is 12.8 Å². The fourth-order valence-electron chi connectivity index (χ4n) is 4.19. The molecule has 0 aromatic heterocycles. The molecule has 0 saturated carbocycles. The zero-order valence-electron chi connectivity index (χ0n) is 15.7. The van der Waals surface area contributed by atoms with Gasteiger partial charge in [-0.2, -0.15) is 0 Å². The monoisotopic (exact) mass is 397 g/mol. The van der Waals surface area contributed by atoms with Gasteiger partial charge in [-0.3, -0.25) is 14.5 Å². The molecular formula is C22H24ClN3O2. The van der Waals surface area contributed by atoms with Gasteiger partial charge in [-0.15, -0.1) is 0 Å². The van der Waals surface area contributed by atoms with Gasteiger partial charge in [-0.25, -0.2) is 0 Å². The van der Waals surface area contributed by atoms with Crippen molar-refractivity contribution in [1.82, 2.24) is 10.2 Å². The number of nitrogens with zero attached hydrogens (tertiary/aromatic N) is 1. The van der Waals surface area contributed by atoms with Crippen LogP contribution in [0.1, 0.15) is 42.3 Å². The van der Waals surface area contributed by atoms with Crippen molar-refractivity contribution in [2.45, 2.75) is 31.2 Å². The number of amides is 2. The van der Waals surface area contributed by atoms with Gasteiger partial charge in [-0.05, 0) is 55.3 Å². The van der Waals surface area contributed by atoms with Gasteiger partial charge < -0.3 is 10.6 Å². The van der Waals surface area contributed by atoms with Gasteiger partial charge in [0, 0.05) is 23.7 Å². The molecule has 2 aromatic carbocycles. The van der Waals surface area contributed by atoms with E-state index in [4.69, 9.17) is 11.6 Å². The highest BCUT2D eigenvalue weighted by Crippen LogP contribution is 2.32. The minimum atomic E-state index is -0.455. The molecule has 2 aliphatic rings. The average molecular weight is 398 g/mol. The number of fused-ring (bicyclic) bond motifs is 1. The predicted molar refractivity (Wildman–Crippen MR) is 110 cm³/mol. The maximum Gasteiger partial charge on any atom is 0.228 e. The summed E-state index contributed by atoms with van der Waals surface area (Å²) >= 11 is 6.20. The van der Waals surface area contributed by atoms with Gasteiger partial charge in [-0.1, -0.05) is 41.9 Å². The molecule has 4 rings (SSSR count). The molecule has 0 radical (unpaired) electrons. The predicted octanol–water partition coefficient (Wildman–Crippen LogP) is 3.72. The minimum Gasteiger partial charge on any atom is -0.354 e. The topological polar surface area (TPSA) is 61.4 Å². The SMILES string of the molecule is O=C1CC(C(=O)NCC(c2cccc(Cl)c2)N2CCCC2)c2ccccc2N1. The molecule has 2 heterocycles. The first kappa shape index (κ1) is 19.0. The quantitative estimate of drug-likeness (QED) is 0.808. The van der Waals surface area contributed by atoms with Gasteiger partial charge in [0.2, 0.25) is 11.8 Å². The summed E-state index contributed by atoms with van der Waals surface area (Å²) in [6.45, 7) is 2.53. The first-order valence-electron chi connectivity index (χ1n) is 9.78. The number of halogens is 1. The average Bonchev–Trinajstić information content (AvgIpc) is 3.22. The Morgan fingerprint density at radius 3 is 2.75 bits per heavy atom. The third-order valence-electron chi connectivity index (χ3n) is 5.60. The molecule has 1 fully saturated rings.